The van der Waals surface area contributed by atoms with Gasteiger partial charge in [-0.25, -0.2) is 8.42 Å². The highest BCUT2D eigenvalue weighted by molar-refractivity contribution is 7.86. The Balaban J connectivity index is 4.29. The maximum absolute atomic E-state index is 12.2. The van der Waals surface area contributed by atoms with Crippen LogP contribution < -0.4 is 0 Å². The molecule has 0 fully saturated rings. The first kappa shape index (κ1) is 12.2. The van der Waals surface area contributed by atoms with Gasteiger partial charge in [-0.05, 0) is 0 Å². The van der Waals surface area contributed by atoms with Gasteiger partial charge in [-0.2, -0.15) is 8.78 Å². The number of ether oxygens (including phenoxy) is 1. The van der Waals surface area contributed by atoms with Gasteiger partial charge in [0.2, 0.25) is 0 Å². The summed E-state index contributed by atoms with van der Waals surface area (Å²) in [5.41, 5.74) is 0. The van der Waals surface area contributed by atoms with Crippen molar-refractivity contribution in [2.45, 2.75) is 18.6 Å². The zero-order chi connectivity index (χ0) is 10.7. The summed E-state index contributed by atoms with van der Waals surface area (Å²) in [6, 6.07) is 0. The molecule has 0 rings (SSSR count). The van der Waals surface area contributed by atoms with E-state index in [0.29, 0.717) is 0 Å². The fraction of sp³-hybridized carbons (Fsp3) is 0.800. The van der Waals surface area contributed by atoms with E-state index < -0.39 is 27.9 Å². The predicted octanol–water partition coefficient (Wildman–Crippen LogP) is 0.0776. The van der Waals surface area contributed by atoms with Crippen molar-refractivity contribution in [2.75, 3.05) is 6.61 Å². The highest BCUT2D eigenvalue weighted by Gasteiger charge is 2.39. The van der Waals surface area contributed by atoms with Gasteiger partial charge in [0.1, 0.15) is 0 Å². The third-order valence-corrected chi connectivity index (χ3v) is 1.90. The highest BCUT2D eigenvalue weighted by atomic mass is 32.2. The molecule has 0 bridgehead atoms. The van der Waals surface area contributed by atoms with E-state index >= 15 is 0 Å². The van der Waals surface area contributed by atoms with Crippen LogP contribution in [0.1, 0.15) is 13.3 Å². The molecule has 78 valence electrons. The Labute approximate surface area is 73.4 Å². The number of halogens is 2. The summed E-state index contributed by atoms with van der Waals surface area (Å²) in [7, 11) is -5.77. The van der Waals surface area contributed by atoms with Crippen molar-refractivity contribution >= 4 is 16.1 Å². The Kier molecular flexibility index (Phi) is 3.73. The fourth-order valence-corrected chi connectivity index (χ4v) is 0.542. The number of carbonyl (C=O) groups is 1. The number of esters is 1. The van der Waals surface area contributed by atoms with Gasteiger partial charge in [0.15, 0.2) is 16.7 Å². The molecule has 0 aromatic rings. The zero-order valence-corrected chi connectivity index (χ0v) is 7.44. The second-order valence-electron chi connectivity index (χ2n) is 2.11. The molecule has 0 heterocycles. The number of rotatable bonds is 4. The third-order valence-electron chi connectivity index (χ3n) is 1.06. The number of hydrogen-bond donors (Lipinski definition) is 0. The first-order valence-electron chi connectivity index (χ1n) is 3.19. The minimum atomic E-state index is -5.77. The summed E-state index contributed by atoms with van der Waals surface area (Å²) in [5, 5.41) is -4.56. The van der Waals surface area contributed by atoms with Gasteiger partial charge in [-0.1, -0.05) is 6.92 Å². The largest absolute Gasteiger partial charge is 0.743 e. The molecule has 0 saturated carbocycles. The lowest BCUT2D eigenvalue weighted by atomic mass is 10.5. The molecule has 0 saturated heterocycles. The second-order valence-corrected chi connectivity index (χ2v) is 3.61. The molecule has 0 aromatic carbocycles. The van der Waals surface area contributed by atoms with E-state index in [4.69, 9.17) is 0 Å². The molecule has 0 radical (unpaired) electrons. The fourth-order valence-electron chi connectivity index (χ4n) is 0.339. The summed E-state index contributed by atoms with van der Waals surface area (Å²) < 4.78 is 57.9. The Morgan fingerprint density at radius 3 is 2.31 bits per heavy atom. The molecular formula is C5H7F2O5S-. The van der Waals surface area contributed by atoms with Gasteiger partial charge >= 0.3 is 11.2 Å². The Morgan fingerprint density at radius 2 is 2.00 bits per heavy atom. The average molecular weight is 217 g/mol. The normalized spacial score (nSPS) is 12.6. The number of alkyl halides is 2. The Hall–Kier alpha value is -0.760. The summed E-state index contributed by atoms with van der Waals surface area (Å²) in [4.78, 5) is 10.3. The highest BCUT2D eigenvalue weighted by Crippen LogP contribution is 2.20. The van der Waals surface area contributed by atoms with Crippen LogP contribution in [-0.4, -0.2) is 30.8 Å². The van der Waals surface area contributed by atoms with Crippen LogP contribution in [0.2, 0.25) is 0 Å². The van der Waals surface area contributed by atoms with Gasteiger partial charge in [0.05, 0.1) is 0 Å². The molecule has 0 spiro atoms. The maximum Gasteiger partial charge on any atom is 0.367 e. The maximum atomic E-state index is 12.2. The monoisotopic (exact) mass is 217 g/mol. The first-order chi connectivity index (χ1) is 5.70. The lowest BCUT2D eigenvalue weighted by molar-refractivity contribution is -0.149. The molecule has 0 aliphatic carbocycles. The van der Waals surface area contributed by atoms with E-state index in [1.807, 2.05) is 0 Å². The van der Waals surface area contributed by atoms with E-state index in [2.05, 4.69) is 4.74 Å². The van der Waals surface area contributed by atoms with Crippen LogP contribution in [0.25, 0.3) is 0 Å². The van der Waals surface area contributed by atoms with E-state index in [-0.39, 0.29) is 6.42 Å². The minimum absolute atomic E-state index is 0.172. The van der Waals surface area contributed by atoms with Crippen LogP contribution in [0, 0.1) is 0 Å². The third kappa shape index (κ3) is 3.64. The van der Waals surface area contributed by atoms with Crippen LogP contribution in [-0.2, 0) is 19.6 Å². The lowest BCUT2D eigenvalue weighted by Crippen LogP contribution is -2.34. The summed E-state index contributed by atoms with van der Waals surface area (Å²) >= 11 is 0. The molecular weight excluding hydrogens is 210 g/mol. The van der Waals surface area contributed by atoms with Gasteiger partial charge in [-0.15, -0.1) is 0 Å². The van der Waals surface area contributed by atoms with Crippen molar-refractivity contribution in [1.82, 2.24) is 0 Å². The van der Waals surface area contributed by atoms with Crippen molar-refractivity contribution in [1.29, 1.82) is 0 Å². The molecule has 8 heteroatoms. The van der Waals surface area contributed by atoms with Gasteiger partial charge in [0.25, 0.3) is 0 Å². The second kappa shape index (κ2) is 3.97. The molecule has 0 aliphatic heterocycles. The predicted molar refractivity (Wildman–Crippen MR) is 35.9 cm³/mol. The van der Waals surface area contributed by atoms with Crippen LogP contribution in [0.15, 0.2) is 0 Å². The standard InChI is InChI=1S/C5H8F2O5S/c1-2-4(8)12-3-5(6,7)13(9,10)11/h2-3H2,1H3,(H,9,10,11)/p-1. The average Bonchev–Trinajstić information content (AvgIpc) is 1.98. The molecule has 5 nitrogen and oxygen atoms in total. The zero-order valence-electron chi connectivity index (χ0n) is 6.62. The van der Waals surface area contributed by atoms with Crippen molar-refractivity contribution < 1.29 is 31.3 Å². The lowest BCUT2D eigenvalue weighted by Gasteiger charge is -2.19. The van der Waals surface area contributed by atoms with Crippen LogP contribution in [0.4, 0.5) is 8.78 Å². The number of carbonyl (C=O) groups excluding carboxylic acids is 1. The van der Waals surface area contributed by atoms with Gasteiger partial charge in [-0.3, -0.25) is 4.79 Å². The Morgan fingerprint density at radius 1 is 1.54 bits per heavy atom. The van der Waals surface area contributed by atoms with E-state index in [0.717, 1.165) is 0 Å². The summed E-state index contributed by atoms with van der Waals surface area (Å²) in [5.74, 6) is -0.997. The van der Waals surface area contributed by atoms with Crippen molar-refractivity contribution in [2.24, 2.45) is 0 Å². The van der Waals surface area contributed by atoms with Crippen molar-refractivity contribution in [3.8, 4) is 0 Å². The van der Waals surface area contributed by atoms with E-state index in [9.17, 15) is 26.5 Å². The molecule has 0 aromatic heterocycles. The van der Waals surface area contributed by atoms with Gasteiger partial charge in [0, 0.05) is 6.42 Å². The van der Waals surface area contributed by atoms with Gasteiger partial charge < -0.3 is 9.29 Å². The molecule has 0 N–H and O–H groups in total. The Bertz CT molecular complexity index is 283. The minimum Gasteiger partial charge on any atom is -0.743 e. The van der Waals surface area contributed by atoms with Crippen LogP contribution in [0.3, 0.4) is 0 Å². The van der Waals surface area contributed by atoms with Crippen LogP contribution in [0.5, 0.6) is 0 Å². The molecule has 0 unspecified atom stereocenters. The summed E-state index contributed by atoms with van der Waals surface area (Å²) in [6.45, 7) is -0.391. The van der Waals surface area contributed by atoms with Crippen LogP contribution >= 0.6 is 0 Å². The van der Waals surface area contributed by atoms with Crippen molar-refractivity contribution in [3.63, 3.8) is 0 Å². The topological polar surface area (TPSA) is 83.5 Å². The van der Waals surface area contributed by atoms with Crippen molar-refractivity contribution in [3.05, 3.63) is 0 Å². The molecule has 13 heavy (non-hydrogen) atoms. The molecule has 0 amide bonds. The quantitative estimate of drug-likeness (QED) is 0.491. The molecule has 0 aliphatic rings. The van der Waals surface area contributed by atoms with E-state index in [1.54, 1.807) is 0 Å². The smallest absolute Gasteiger partial charge is 0.367 e. The molecule has 0 atom stereocenters. The first-order valence-corrected chi connectivity index (χ1v) is 4.60. The number of hydrogen-bond acceptors (Lipinski definition) is 5. The van der Waals surface area contributed by atoms with E-state index in [1.165, 1.54) is 6.92 Å². The summed E-state index contributed by atoms with van der Waals surface area (Å²) in [6.07, 6.45) is -0.172. The SMILES string of the molecule is CCC(=O)OCC(F)(F)S(=O)(=O)[O-].